The third-order valence-corrected chi connectivity index (χ3v) is 11.2. The van der Waals surface area contributed by atoms with E-state index in [1.54, 1.807) is 0 Å². The lowest BCUT2D eigenvalue weighted by molar-refractivity contribution is 0.667. The Labute approximate surface area is 271 Å². The molecule has 0 atom stereocenters. The minimum absolute atomic E-state index is 0.437. The third-order valence-electron chi connectivity index (χ3n) is 8.94. The summed E-state index contributed by atoms with van der Waals surface area (Å²) in [6.07, 6.45) is 5.62. The van der Waals surface area contributed by atoms with E-state index >= 15 is 0 Å². The Balaban J connectivity index is 1.30. The van der Waals surface area contributed by atoms with Crippen LogP contribution in [0.1, 0.15) is 22.3 Å². The Bertz CT molecular complexity index is 2180. The van der Waals surface area contributed by atoms with E-state index in [9.17, 15) is 0 Å². The van der Waals surface area contributed by atoms with Crippen molar-refractivity contribution < 1.29 is 0 Å². The second-order valence-electron chi connectivity index (χ2n) is 11.4. The molecule has 9 rings (SSSR count). The average Bonchev–Trinajstić information content (AvgIpc) is 3.12. The molecule has 2 aromatic heterocycles. The van der Waals surface area contributed by atoms with Crippen LogP contribution in [0.5, 0.6) is 0 Å². The van der Waals surface area contributed by atoms with Crippen LogP contribution in [0.25, 0.3) is 33.5 Å². The number of aromatic nitrogens is 2. The molecule has 0 amide bonds. The number of pyridine rings is 2. The van der Waals surface area contributed by atoms with Crippen molar-refractivity contribution in [2.24, 2.45) is 0 Å². The van der Waals surface area contributed by atoms with Gasteiger partial charge in [-0.15, -0.1) is 0 Å². The van der Waals surface area contributed by atoms with Crippen LogP contribution in [0, 0.1) is 0 Å². The predicted octanol–water partition coefficient (Wildman–Crippen LogP) is 10.8. The molecule has 5 aromatic carbocycles. The summed E-state index contributed by atoms with van der Waals surface area (Å²) in [5, 5.41) is 0. The molecule has 0 aliphatic carbocycles. The summed E-state index contributed by atoms with van der Waals surface area (Å²) >= 11 is 3.75. The second kappa shape index (κ2) is 10.6. The molecular weight excluding hydrogens is 585 g/mol. The lowest BCUT2D eigenvalue weighted by atomic mass is 9.64. The minimum Gasteiger partial charge on any atom is -0.264 e. The van der Waals surface area contributed by atoms with E-state index in [4.69, 9.17) is 0 Å². The predicted molar refractivity (Wildman–Crippen MR) is 185 cm³/mol. The molecule has 0 bridgehead atoms. The summed E-state index contributed by atoms with van der Waals surface area (Å²) < 4.78 is 0. The molecule has 212 valence electrons. The monoisotopic (exact) mass is 610 g/mol. The van der Waals surface area contributed by atoms with Crippen LogP contribution in [-0.2, 0) is 5.41 Å². The number of rotatable bonds is 3. The van der Waals surface area contributed by atoms with Crippen LogP contribution in [0.3, 0.4) is 0 Å². The van der Waals surface area contributed by atoms with Gasteiger partial charge in [-0.1, -0.05) is 115 Å². The van der Waals surface area contributed by atoms with Gasteiger partial charge in [-0.05, 0) is 87.5 Å². The molecule has 0 unspecified atom stereocenters. The molecule has 0 radical (unpaired) electrons. The summed E-state index contributed by atoms with van der Waals surface area (Å²) in [5.41, 5.74) is 11.7. The smallest absolute Gasteiger partial charge is 0.0745 e. The first-order valence-electron chi connectivity index (χ1n) is 15.0. The van der Waals surface area contributed by atoms with Crippen LogP contribution in [-0.4, -0.2) is 9.97 Å². The standard InChI is InChI=1S/C41H26N2S2/c1-3-15-37-32(12-1)41(33-13-2-4-16-38(33)44-37)34-19-17-29(27-9-7-10-28(23-27)31-11-8-21-42-26-31)24-39(34)45-40-25-30(18-20-35(40)41)36-14-5-6-22-43-36/h1-26H. The van der Waals surface area contributed by atoms with E-state index in [1.807, 2.05) is 54.2 Å². The van der Waals surface area contributed by atoms with Crippen molar-refractivity contribution in [3.05, 3.63) is 180 Å². The highest BCUT2D eigenvalue weighted by Gasteiger charge is 2.48. The minimum atomic E-state index is -0.437. The largest absolute Gasteiger partial charge is 0.264 e. The highest BCUT2D eigenvalue weighted by atomic mass is 32.2. The van der Waals surface area contributed by atoms with E-state index in [0.29, 0.717) is 0 Å². The molecule has 4 heteroatoms. The lowest BCUT2D eigenvalue weighted by Gasteiger charge is -2.45. The molecule has 0 N–H and O–H groups in total. The third kappa shape index (κ3) is 4.21. The number of hydrogen-bond acceptors (Lipinski definition) is 4. The van der Waals surface area contributed by atoms with Gasteiger partial charge >= 0.3 is 0 Å². The maximum absolute atomic E-state index is 4.69. The number of fused-ring (bicyclic) bond motifs is 8. The molecule has 4 heterocycles. The van der Waals surface area contributed by atoms with E-state index < -0.39 is 5.41 Å². The van der Waals surface area contributed by atoms with Crippen molar-refractivity contribution >= 4 is 23.5 Å². The van der Waals surface area contributed by atoms with Crippen molar-refractivity contribution in [1.29, 1.82) is 0 Å². The molecule has 1 spiro atoms. The first-order valence-corrected chi connectivity index (χ1v) is 16.7. The quantitative estimate of drug-likeness (QED) is 0.199. The van der Waals surface area contributed by atoms with Crippen LogP contribution in [0.4, 0.5) is 0 Å². The van der Waals surface area contributed by atoms with Crippen LogP contribution >= 0.6 is 23.5 Å². The first-order chi connectivity index (χ1) is 22.3. The maximum Gasteiger partial charge on any atom is 0.0745 e. The topological polar surface area (TPSA) is 25.8 Å². The van der Waals surface area contributed by atoms with Crippen LogP contribution in [0.2, 0.25) is 0 Å². The highest BCUT2D eigenvalue weighted by molar-refractivity contribution is 8.00. The molecule has 0 saturated heterocycles. The van der Waals surface area contributed by atoms with Gasteiger partial charge in [0.25, 0.3) is 0 Å². The van der Waals surface area contributed by atoms with Gasteiger partial charge in [0.05, 0.1) is 11.1 Å². The van der Waals surface area contributed by atoms with Gasteiger partial charge in [-0.3, -0.25) is 9.97 Å². The Morgan fingerprint density at radius 1 is 0.400 bits per heavy atom. The fourth-order valence-electron chi connectivity index (χ4n) is 6.96. The van der Waals surface area contributed by atoms with Crippen molar-refractivity contribution in [2.45, 2.75) is 25.0 Å². The summed E-state index contributed by atoms with van der Waals surface area (Å²) in [5.74, 6) is 0. The van der Waals surface area contributed by atoms with Crippen LogP contribution in [0.15, 0.2) is 178 Å². The summed E-state index contributed by atoms with van der Waals surface area (Å²) in [7, 11) is 0. The van der Waals surface area contributed by atoms with E-state index in [0.717, 1.165) is 16.8 Å². The van der Waals surface area contributed by atoms with Gasteiger partial charge in [0.1, 0.15) is 0 Å². The molecule has 7 aromatic rings. The van der Waals surface area contributed by atoms with E-state index in [1.165, 1.54) is 58.5 Å². The van der Waals surface area contributed by atoms with Gasteiger partial charge in [0.15, 0.2) is 0 Å². The Kier molecular flexibility index (Phi) is 6.25. The SMILES string of the molecule is c1ccc(-c2ccc3c(c2)Sc2cc(-c4cccc(-c5cccnc5)c4)ccc2C32c3ccccc3Sc3ccccc32)nc1. The van der Waals surface area contributed by atoms with Crippen molar-refractivity contribution in [2.75, 3.05) is 0 Å². The molecule has 0 saturated carbocycles. The van der Waals surface area contributed by atoms with Gasteiger partial charge in [0.2, 0.25) is 0 Å². The number of nitrogens with zero attached hydrogens (tertiary/aromatic N) is 2. The van der Waals surface area contributed by atoms with E-state index in [-0.39, 0.29) is 0 Å². The Hall–Kier alpha value is -4.90. The zero-order chi connectivity index (χ0) is 29.8. The van der Waals surface area contributed by atoms with Gasteiger partial charge < -0.3 is 0 Å². The molecule has 2 aliphatic rings. The second-order valence-corrected chi connectivity index (χ2v) is 13.6. The number of hydrogen-bond donors (Lipinski definition) is 0. The fraction of sp³-hybridized carbons (Fsp3) is 0.0244. The Morgan fingerprint density at radius 2 is 0.978 bits per heavy atom. The zero-order valence-electron chi connectivity index (χ0n) is 24.2. The summed E-state index contributed by atoms with van der Waals surface area (Å²) in [6.45, 7) is 0. The maximum atomic E-state index is 4.69. The van der Waals surface area contributed by atoms with Gasteiger partial charge in [-0.2, -0.15) is 0 Å². The summed E-state index contributed by atoms with van der Waals surface area (Å²) in [6, 6.07) is 51.0. The number of benzene rings is 5. The zero-order valence-corrected chi connectivity index (χ0v) is 25.9. The van der Waals surface area contributed by atoms with E-state index in [2.05, 4.69) is 137 Å². The normalized spacial score (nSPS) is 13.8. The van der Waals surface area contributed by atoms with Gasteiger partial charge in [0, 0.05) is 49.3 Å². The van der Waals surface area contributed by atoms with Crippen molar-refractivity contribution in [1.82, 2.24) is 9.97 Å². The molecule has 2 nitrogen and oxygen atoms in total. The molecule has 45 heavy (non-hydrogen) atoms. The molecule has 2 aliphatic heterocycles. The first kappa shape index (κ1) is 26.5. The van der Waals surface area contributed by atoms with Crippen molar-refractivity contribution in [3.63, 3.8) is 0 Å². The fourth-order valence-corrected chi connectivity index (χ4v) is 9.42. The molecular formula is C41H26N2S2. The molecule has 0 fully saturated rings. The Morgan fingerprint density at radius 3 is 1.67 bits per heavy atom. The van der Waals surface area contributed by atoms with Crippen LogP contribution < -0.4 is 0 Å². The summed E-state index contributed by atoms with van der Waals surface area (Å²) in [4.78, 5) is 14.2. The lowest BCUT2D eigenvalue weighted by Crippen LogP contribution is -2.36. The van der Waals surface area contributed by atoms with Crippen molar-refractivity contribution in [3.8, 4) is 33.5 Å². The van der Waals surface area contributed by atoms with Gasteiger partial charge in [-0.25, -0.2) is 0 Å². The average molecular weight is 611 g/mol. The highest BCUT2D eigenvalue weighted by Crippen LogP contribution is 2.62.